The third kappa shape index (κ3) is 5.49. The smallest absolute Gasteiger partial charge is 0.226 e. The van der Waals surface area contributed by atoms with Crippen LogP contribution < -0.4 is 10.6 Å². The molecule has 0 saturated carbocycles. The van der Waals surface area contributed by atoms with Gasteiger partial charge in [0.2, 0.25) is 5.91 Å². The highest BCUT2D eigenvalue weighted by molar-refractivity contribution is 9.10. The highest BCUT2D eigenvalue weighted by atomic mass is 79.9. The molecule has 1 amide bonds. The van der Waals surface area contributed by atoms with E-state index in [1.165, 1.54) is 0 Å². The van der Waals surface area contributed by atoms with Gasteiger partial charge in [0, 0.05) is 40.7 Å². The Balaban J connectivity index is 1.48. The van der Waals surface area contributed by atoms with Gasteiger partial charge in [0.1, 0.15) is 0 Å². The third-order valence-electron chi connectivity index (χ3n) is 7.33. The van der Waals surface area contributed by atoms with Crippen LogP contribution in [0, 0.1) is 27.7 Å². The zero-order valence-corrected chi connectivity index (χ0v) is 24.9. The Bertz CT molecular complexity index is 1530. The first-order chi connectivity index (χ1) is 18.7. The predicted molar refractivity (Wildman–Crippen MR) is 164 cm³/mol. The SMILES string of the molecule is Cc1ccc(C)c(NC(=O)CCN2C(=S)N[C@H](c3ccccn3)[C@H]2c2cc(C)n(-c3ccccc3Br)c2C)c1. The lowest BCUT2D eigenvalue weighted by atomic mass is 9.96. The van der Waals surface area contributed by atoms with Gasteiger partial charge in [0.05, 0.1) is 23.5 Å². The monoisotopic (exact) mass is 601 g/mol. The molecule has 6 nitrogen and oxygen atoms in total. The molecule has 0 unspecified atom stereocenters. The number of hydrogen-bond donors (Lipinski definition) is 2. The summed E-state index contributed by atoms with van der Waals surface area (Å²) in [6, 6.07) is 22.2. The van der Waals surface area contributed by atoms with E-state index < -0.39 is 0 Å². The maximum atomic E-state index is 13.1. The first kappa shape index (κ1) is 27.1. The second-order valence-corrected chi connectivity index (χ2v) is 11.3. The molecule has 200 valence electrons. The molecule has 0 spiro atoms. The van der Waals surface area contributed by atoms with Gasteiger partial charge in [0.25, 0.3) is 0 Å². The van der Waals surface area contributed by atoms with Crippen LogP contribution in [-0.2, 0) is 4.79 Å². The summed E-state index contributed by atoms with van der Waals surface area (Å²) in [6.45, 7) is 8.77. The molecule has 1 aliphatic heterocycles. The summed E-state index contributed by atoms with van der Waals surface area (Å²) < 4.78 is 3.29. The van der Waals surface area contributed by atoms with E-state index in [4.69, 9.17) is 12.2 Å². The molecule has 8 heteroatoms. The number of thiocarbonyl (C=S) groups is 1. The Morgan fingerprint density at radius 3 is 2.56 bits per heavy atom. The number of carbonyl (C=O) groups is 1. The van der Waals surface area contributed by atoms with Gasteiger partial charge in [0.15, 0.2) is 5.11 Å². The molecule has 39 heavy (non-hydrogen) atoms. The van der Waals surface area contributed by atoms with Crippen molar-refractivity contribution in [3.63, 3.8) is 0 Å². The number of rotatable bonds is 7. The van der Waals surface area contributed by atoms with Gasteiger partial charge in [-0.15, -0.1) is 0 Å². The number of aryl methyl sites for hydroxylation is 3. The summed E-state index contributed by atoms with van der Waals surface area (Å²) in [5, 5.41) is 7.23. The highest BCUT2D eigenvalue weighted by Crippen LogP contribution is 2.42. The van der Waals surface area contributed by atoms with Gasteiger partial charge in [-0.05, 0) is 109 Å². The van der Waals surface area contributed by atoms with Crippen molar-refractivity contribution in [3.05, 3.63) is 111 Å². The fraction of sp³-hybridized carbons (Fsp3) is 0.258. The van der Waals surface area contributed by atoms with Crippen molar-refractivity contribution in [2.45, 2.75) is 46.2 Å². The number of carbonyl (C=O) groups excluding carboxylic acids is 1. The van der Waals surface area contributed by atoms with Crippen LogP contribution in [0.4, 0.5) is 5.69 Å². The van der Waals surface area contributed by atoms with Crippen molar-refractivity contribution < 1.29 is 4.79 Å². The maximum Gasteiger partial charge on any atom is 0.226 e. The second-order valence-electron chi connectivity index (χ2n) is 10.0. The Labute approximate surface area is 243 Å². The average Bonchev–Trinajstić information content (AvgIpc) is 3.40. The maximum absolute atomic E-state index is 13.1. The van der Waals surface area contributed by atoms with Crippen LogP contribution >= 0.6 is 28.1 Å². The van der Waals surface area contributed by atoms with E-state index in [1.54, 1.807) is 0 Å². The molecule has 0 radical (unpaired) electrons. The second kappa shape index (κ2) is 11.3. The molecule has 0 aliphatic carbocycles. The van der Waals surface area contributed by atoms with Crippen molar-refractivity contribution in [2.75, 3.05) is 11.9 Å². The molecule has 3 heterocycles. The van der Waals surface area contributed by atoms with Crippen LogP contribution in [0.15, 0.2) is 77.4 Å². The number of para-hydroxylation sites is 1. The number of nitrogens with one attached hydrogen (secondary N) is 2. The number of anilines is 1. The predicted octanol–water partition coefficient (Wildman–Crippen LogP) is 6.87. The van der Waals surface area contributed by atoms with E-state index in [1.807, 2.05) is 68.6 Å². The zero-order chi connectivity index (χ0) is 27.7. The van der Waals surface area contributed by atoms with E-state index in [0.29, 0.717) is 18.1 Å². The molecule has 1 fully saturated rings. The largest absolute Gasteiger partial charge is 0.352 e. The van der Waals surface area contributed by atoms with Crippen LogP contribution in [0.3, 0.4) is 0 Å². The molecular formula is C31H32BrN5OS. The topological polar surface area (TPSA) is 62.2 Å². The summed E-state index contributed by atoms with van der Waals surface area (Å²) in [6.07, 6.45) is 2.12. The van der Waals surface area contributed by atoms with E-state index in [0.717, 1.165) is 49.6 Å². The first-order valence-corrected chi connectivity index (χ1v) is 14.2. The summed E-state index contributed by atoms with van der Waals surface area (Å²) >= 11 is 9.58. The van der Waals surface area contributed by atoms with Crippen LogP contribution in [0.1, 0.15) is 52.3 Å². The Hall–Kier alpha value is -3.49. The van der Waals surface area contributed by atoms with Crippen LogP contribution in [0.5, 0.6) is 0 Å². The quantitative estimate of drug-likeness (QED) is 0.226. The molecule has 5 rings (SSSR count). The van der Waals surface area contributed by atoms with Crippen molar-refractivity contribution >= 4 is 44.9 Å². The number of amides is 1. The summed E-state index contributed by atoms with van der Waals surface area (Å²) in [4.78, 5) is 19.9. The number of hydrogen-bond acceptors (Lipinski definition) is 3. The van der Waals surface area contributed by atoms with Gasteiger partial charge in [-0.3, -0.25) is 9.78 Å². The van der Waals surface area contributed by atoms with E-state index in [2.05, 4.69) is 73.1 Å². The van der Waals surface area contributed by atoms with Crippen LogP contribution in [0.25, 0.3) is 5.69 Å². The lowest BCUT2D eigenvalue weighted by molar-refractivity contribution is -0.116. The van der Waals surface area contributed by atoms with Crippen LogP contribution in [0.2, 0.25) is 0 Å². The molecule has 2 aromatic carbocycles. The highest BCUT2D eigenvalue weighted by Gasteiger charge is 2.41. The van der Waals surface area contributed by atoms with Gasteiger partial charge >= 0.3 is 0 Å². The minimum Gasteiger partial charge on any atom is -0.352 e. The van der Waals surface area contributed by atoms with Gasteiger partial charge in [-0.2, -0.15) is 0 Å². The fourth-order valence-electron chi connectivity index (χ4n) is 5.38. The Kier molecular flexibility index (Phi) is 7.86. The zero-order valence-electron chi connectivity index (χ0n) is 22.5. The third-order valence-corrected chi connectivity index (χ3v) is 8.35. The van der Waals surface area contributed by atoms with E-state index >= 15 is 0 Å². The molecule has 2 atom stereocenters. The molecular weight excluding hydrogens is 570 g/mol. The fourth-order valence-corrected chi connectivity index (χ4v) is 6.17. The molecule has 2 N–H and O–H groups in total. The summed E-state index contributed by atoms with van der Waals surface area (Å²) in [5.74, 6) is -0.0368. The average molecular weight is 603 g/mol. The molecule has 4 aromatic rings. The van der Waals surface area contributed by atoms with Gasteiger partial charge in [-0.1, -0.05) is 30.3 Å². The summed E-state index contributed by atoms with van der Waals surface area (Å²) in [5.41, 5.74) is 8.41. The van der Waals surface area contributed by atoms with E-state index in [-0.39, 0.29) is 18.0 Å². The first-order valence-electron chi connectivity index (χ1n) is 13.0. The number of benzene rings is 2. The number of aromatic nitrogens is 2. The lowest BCUT2D eigenvalue weighted by Gasteiger charge is -2.28. The van der Waals surface area contributed by atoms with Crippen molar-refractivity contribution in [1.82, 2.24) is 19.8 Å². The van der Waals surface area contributed by atoms with Crippen molar-refractivity contribution in [2.24, 2.45) is 0 Å². The van der Waals surface area contributed by atoms with Gasteiger partial charge < -0.3 is 20.1 Å². The lowest BCUT2D eigenvalue weighted by Crippen LogP contribution is -2.33. The number of halogens is 1. The van der Waals surface area contributed by atoms with Crippen molar-refractivity contribution in [1.29, 1.82) is 0 Å². The number of nitrogens with zero attached hydrogens (tertiary/aromatic N) is 3. The molecule has 1 aliphatic rings. The van der Waals surface area contributed by atoms with Crippen LogP contribution in [-0.4, -0.2) is 32.0 Å². The minimum atomic E-state index is -0.144. The summed E-state index contributed by atoms with van der Waals surface area (Å²) in [7, 11) is 0. The molecule has 1 saturated heterocycles. The van der Waals surface area contributed by atoms with Gasteiger partial charge in [-0.25, -0.2) is 0 Å². The standard InChI is InChI=1S/C31H32BrN5OS/c1-19-12-13-20(2)26(17-19)34-28(38)14-16-36-30(29(35-31(36)39)25-10-7-8-15-33-25)23-18-21(3)37(22(23)4)27-11-6-5-9-24(27)32/h5-13,15,17-18,29-30H,14,16H2,1-4H3,(H,34,38)(H,35,39)/t29-,30-/m1/s1. The normalized spacial score (nSPS) is 16.8. The number of pyridine rings is 1. The Morgan fingerprint density at radius 1 is 1.05 bits per heavy atom. The Morgan fingerprint density at radius 2 is 1.82 bits per heavy atom. The molecule has 0 bridgehead atoms. The minimum absolute atomic E-state index is 0.0368. The van der Waals surface area contributed by atoms with Crippen molar-refractivity contribution in [3.8, 4) is 5.69 Å². The molecule has 2 aromatic heterocycles. The van der Waals surface area contributed by atoms with E-state index in [9.17, 15) is 4.79 Å².